The average molecular weight is 414 g/mol. The van der Waals surface area contributed by atoms with Crippen LogP contribution in [0.15, 0.2) is 71.3 Å². The Kier molecular flexibility index (Phi) is 7.36. The first-order valence-electron chi connectivity index (χ1n) is 9.46. The van der Waals surface area contributed by atoms with Crippen LogP contribution in [0.3, 0.4) is 0 Å². The standard InChI is InChI=1S/C23H24FNO3S/c1-28-21-9-3-2-7-18(21)16-25-14-4-8-20(23(26)27)22(25)29-15-5-6-17-10-12-19(24)13-11-17/h2-4,7-13H,5-6,14-16H2,1H3,(H,26,27). The molecule has 29 heavy (non-hydrogen) atoms. The second-order valence-electron chi connectivity index (χ2n) is 6.70. The molecule has 152 valence electrons. The van der Waals surface area contributed by atoms with Gasteiger partial charge in [0.05, 0.1) is 17.7 Å². The van der Waals surface area contributed by atoms with E-state index >= 15 is 0 Å². The summed E-state index contributed by atoms with van der Waals surface area (Å²) in [7, 11) is 1.64. The van der Waals surface area contributed by atoms with Gasteiger partial charge in [0.25, 0.3) is 0 Å². The Morgan fingerprint density at radius 1 is 1.21 bits per heavy atom. The summed E-state index contributed by atoms with van der Waals surface area (Å²) in [6.45, 7) is 1.22. The maximum Gasteiger partial charge on any atom is 0.338 e. The molecule has 0 aromatic heterocycles. The van der Waals surface area contributed by atoms with Crippen LogP contribution in [0, 0.1) is 5.82 Å². The zero-order valence-corrected chi connectivity index (χ0v) is 17.1. The lowest BCUT2D eigenvalue weighted by molar-refractivity contribution is -0.132. The number of methoxy groups -OCH3 is 1. The van der Waals surface area contributed by atoms with E-state index in [1.54, 1.807) is 37.1 Å². The molecule has 0 spiro atoms. The van der Waals surface area contributed by atoms with Crippen molar-refractivity contribution in [1.29, 1.82) is 0 Å². The lowest BCUT2D eigenvalue weighted by atomic mass is 10.1. The lowest BCUT2D eigenvalue weighted by Gasteiger charge is -2.30. The molecular formula is C23H24FNO3S. The number of carboxylic acids is 1. The first-order valence-corrected chi connectivity index (χ1v) is 10.4. The van der Waals surface area contributed by atoms with Gasteiger partial charge in [0, 0.05) is 18.7 Å². The van der Waals surface area contributed by atoms with Gasteiger partial charge < -0.3 is 14.7 Å². The molecule has 1 aliphatic rings. The zero-order chi connectivity index (χ0) is 20.6. The molecule has 0 amide bonds. The number of aryl methyl sites for hydroxylation is 1. The smallest absolute Gasteiger partial charge is 0.338 e. The third kappa shape index (κ3) is 5.64. The highest BCUT2D eigenvalue weighted by Gasteiger charge is 2.22. The van der Waals surface area contributed by atoms with Gasteiger partial charge in [0.15, 0.2) is 0 Å². The van der Waals surface area contributed by atoms with Gasteiger partial charge >= 0.3 is 5.97 Å². The van der Waals surface area contributed by atoms with Crippen molar-refractivity contribution in [2.24, 2.45) is 0 Å². The predicted octanol–water partition coefficient (Wildman–Crippen LogP) is 4.87. The van der Waals surface area contributed by atoms with Crippen LogP contribution in [-0.2, 0) is 17.8 Å². The number of para-hydroxylation sites is 1. The number of ether oxygens (including phenoxy) is 1. The number of rotatable bonds is 9. The van der Waals surface area contributed by atoms with Crippen LogP contribution in [0.1, 0.15) is 17.5 Å². The van der Waals surface area contributed by atoms with Crippen LogP contribution in [0.4, 0.5) is 4.39 Å². The highest BCUT2D eigenvalue weighted by atomic mass is 32.2. The molecule has 0 unspecified atom stereocenters. The largest absolute Gasteiger partial charge is 0.496 e. The number of nitrogens with zero attached hydrogens (tertiary/aromatic N) is 1. The molecule has 0 bridgehead atoms. The van der Waals surface area contributed by atoms with E-state index in [-0.39, 0.29) is 5.82 Å². The highest BCUT2D eigenvalue weighted by molar-refractivity contribution is 8.03. The van der Waals surface area contributed by atoms with Crippen molar-refractivity contribution in [3.8, 4) is 5.75 Å². The molecule has 4 nitrogen and oxygen atoms in total. The normalized spacial score (nSPS) is 13.7. The maximum atomic E-state index is 13.0. The minimum absolute atomic E-state index is 0.236. The van der Waals surface area contributed by atoms with E-state index in [9.17, 15) is 14.3 Å². The molecule has 1 heterocycles. The number of halogens is 1. The maximum absolute atomic E-state index is 13.0. The fourth-order valence-corrected chi connectivity index (χ4v) is 4.34. The van der Waals surface area contributed by atoms with E-state index in [4.69, 9.17) is 4.74 Å². The van der Waals surface area contributed by atoms with E-state index in [1.807, 2.05) is 30.3 Å². The van der Waals surface area contributed by atoms with Gasteiger partial charge in [-0.3, -0.25) is 0 Å². The Labute approximate surface area is 174 Å². The van der Waals surface area contributed by atoms with Gasteiger partial charge in [0.1, 0.15) is 11.6 Å². The monoisotopic (exact) mass is 413 g/mol. The van der Waals surface area contributed by atoms with Gasteiger partial charge in [-0.1, -0.05) is 36.4 Å². The van der Waals surface area contributed by atoms with E-state index in [2.05, 4.69) is 4.90 Å². The number of thioether (sulfide) groups is 1. The third-order valence-corrected chi connectivity index (χ3v) is 5.92. The molecular weight excluding hydrogens is 389 g/mol. The molecule has 6 heteroatoms. The molecule has 2 aromatic carbocycles. The number of aliphatic carboxylic acids is 1. The second kappa shape index (κ2) is 10.2. The molecule has 1 aliphatic heterocycles. The Hall–Kier alpha value is -2.73. The summed E-state index contributed by atoms with van der Waals surface area (Å²) in [4.78, 5) is 13.8. The first kappa shape index (κ1) is 21.0. The van der Waals surface area contributed by atoms with Crippen molar-refractivity contribution in [3.05, 3.63) is 88.2 Å². The zero-order valence-electron chi connectivity index (χ0n) is 16.3. The Balaban J connectivity index is 1.69. The fraction of sp³-hybridized carbons (Fsp3) is 0.261. The Morgan fingerprint density at radius 3 is 2.69 bits per heavy atom. The molecule has 1 N–H and O–H groups in total. The Bertz CT molecular complexity index is 909. The summed E-state index contributed by atoms with van der Waals surface area (Å²) < 4.78 is 18.5. The van der Waals surface area contributed by atoms with E-state index in [1.165, 1.54) is 12.1 Å². The minimum Gasteiger partial charge on any atom is -0.496 e. The number of carbonyl (C=O) groups is 1. The van der Waals surface area contributed by atoms with Crippen molar-refractivity contribution in [1.82, 2.24) is 4.90 Å². The van der Waals surface area contributed by atoms with Crippen molar-refractivity contribution >= 4 is 17.7 Å². The van der Waals surface area contributed by atoms with Gasteiger partial charge in [0.2, 0.25) is 0 Å². The SMILES string of the molecule is COc1ccccc1CN1CC=CC(C(=O)O)=C1SCCCc1ccc(F)cc1. The minimum atomic E-state index is -0.924. The van der Waals surface area contributed by atoms with Gasteiger partial charge in [-0.05, 0) is 48.4 Å². The number of hydrogen-bond acceptors (Lipinski definition) is 4. The van der Waals surface area contributed by atoms with Gasteiger partial charge in [-0.25, -0.2) is 9.18 Å². The summed E-state index contributed by atoms with van der Waals surface area (Å²) in [6, 6.07) is 14.3. The van der Waals surface area contributed by atoms with Gasteiger partial charge in [-0.15, -0.1) is 11.8 Å². The van der Waals surface area contributed by atoms with Crippen LogP contribution in [0.5, 0.6) is 5.75 Å². The van der Waals surface area contributed by atoms with Crippen molar-refractivity contribution in [2.75, 3.05) is 19.4 Å². The molecule has 2 aromatic rings. The molecule has 0 saturated carbocycles. The molecule has 0 atom stereocenters. The van der Waals surface area contributed by atoms with E-state index in [0.29, 0.717) is 18.7 Å². The van der Waals surface area contributed by atoms with E-state index < -0.39 is 5.97 Å². The summed E-state index contributed by atoms with van der Waals surface area (Å²) in [6.07, 6.45) is 5.26. The number of hydrogen-bond donors (Lipinski definition) is 1. The molecule has 3 rings (SSSR count). The summed E-state index contributed by atoms with van der Waals surface area (Å²) >= 11 is 1.56. The lowest BCUT2D eigenvalue weighted by Crippen LogP contribution is -2.27. The van der Waals surface area contributed by atoms with Gasteiger partial charge in [-0.2, -0.15) is 0 Å². The molecule has 0 aliphatic carbocycles. The van der Waals surface area contributed by atoms with Crippen LogP contribution < -0.4 is 4.74 Å². The topological polar surface area (TPSA) is 49.8 Å². The molecule has 0 radical (unpaired) electrons. The average Bonchev–Trinajstić information content (AvgIpc) is 2.73. The van der Waals surface area contributed by atoms with Crippen LogP contribution in [0.2, 0.25) is 0 Å². The van der Waals surface area contributed by atoms with Crippen molar-refractivity contribution in [2.45, 2.75) is 19.4 Å². The number of benzene rings is 2. The van der Waals surface area contributed by atoms with Crippen molar-refractivity contribution < 1.29 is 19.0 Å². The first-order chi connectivity index (χ1) is 14.1. The quantitative estimate of drug-likeness (QED) is 0.595. The molecule has 0 fully saturated rings. The number of carboxylic acid groups (broad SMARTS) is 1. The predicted molar refractivity (Wildman–Crippen MR) is 114 cm³/mol. The Morgan fingerprint density at radius 2 is 1.97 bits per heavy atom. The summed E-state index contributed by atoms with van der Waals surface area (Å²) in [5, 5.41) is 10.4. The van der Waals surface area contributed by atoms with Crippen LogP contribution >= 0.6 is 11.8 Å². The van der Waals surface area contributed by atoms with E-state index in [0.717, 1.165) is 40.5 Å². The van der Waals surface area contributed by atoms with Crippen molar-refractivity contribution in [3.63, 3.8) is 0 Å². The third-order valence-electron chi connectivity index (χ3n) is 4.67. The molecule has 0 saturated heterocycles. The highest BCUT2D eigenvalue weighted by Crippen LogP contribution is 2.32. The second-order valence-corrected chi connectivity index (χ2v) is 7.78. The summed E-state index contributed by atoms with van der Waals surface area (Å²) in [5.41, 5.74) is 2.41. The van der Waals surface area contributed by atoms with Crippen LogP contribution in [0.25, 0.3) is 0 Å². The summed E-state index contributed by atoms with van der Waals surface area (Å²) in [5.74, 6) is 0.409. The fourth-order valence-electron chi connectivity index (χ4n) is 3.23. The van der Waals surface area contributed by atoms with Crippen LogP contribution in [-0.4, -0.2) is 35.4 Å².